The van der Waals surface area contributed by atoms with E-state index in [0.29, 0.717) is 10.8 Å². The molecule has 0 fully saturated rings. The van der Waals surface area contributed by atoms with Crippen molar-refractivity contribution in [1.82, 2.24) is 5.32 Å². The van der Waals surface area contributed by atoms with Crippen molar-refractivity contribution in [3.63, 3.8) is 0 Å². The highest BCUT2D eigenvalue weighted by Crippen LogP contribution is 2.31. The number of benzene rings is 2. The molecular formula is C16H16Cl2FNO. The van der Waals surface area contributed by atoms with E-state index in [2.05, 4.69) is 5.32 Å². The normalized spacial score (nSPS) is 12.2. The van der Waals surface area contributed by atoms with Gasteiger partial charge in [-0.3, -0.25) is 0 Å². The fraction of sp³-hybridized carbons (Fsp3) is 0.250. The lowest BCUT2D eigenvalue weighted by Gasteiger charge is -2.20. The Labute approximate surface area is 133 Å². The Kier molecular flexibility index (Phi) is 5.45. The van der Waals surface area contributed by atoms with Crippen molar-refractivity contribution in [2.75, 3.05) is 13.7 Å². The van der Waals surface area contributed by atoms with Gasteiger partial charge in [0.05, 0.1) is 23.2 Å². The number of ether oxygens (including phenoxy) is 1. The molecule has 2 rings (SSSR count). The third-order valence-corrected chi connectivity index (χ3v) is 3.81. The van der Waals surface area contributed by atoms with E-state index >= 15 is 0 Å². The molecule has 0 saturated carbocycles. The van der Waals surface area contributed by atoms with Gasteiger partial charge in [0.1, 0.15) is 11.6 Å². The first-order valence-electron chi connectivity index (χ1n) is 6.58. The van der Waals surface area contributed by atoms with E-state index < -0.39 is 5.82 Å². The minimum Gasteiger partial charge on any atom is -0.495 e. The van der Waals surface area contributed by atoms with Crippen LogP contribution in [0.1, 0.15) is 24.1 Å². The Morgan fingerprint density at radius 3 is 2.29 bits per heavy atom. The fourth-order valence-electron chi connectivity index (χ4n) is 2.18. The Bertz CT molecular complexity index is 634. The summed E-state index contributed by atoms with van der Waals surface area (Å²) in [7, 11) is 1.56. The van der Waals surface area contributed by atoms with E-state index in [9.17, 15) is 4.39 Å². The van der Waals surface area contributed by atoms with Gasteiger partial charge in [0.15, 0.2) is 0 Å². The van der Waals surface area contributed by atoms with Gasteiger partial charge in [-0.15, -0.1) is 0 Å². The molecule has 0 bridgehead atoms. The topological polar surface area (TPSA) is 21.3 Å². The Balaban J connectivity index is 2.44. The van der Waals surface area contributed by atoms with Gasteiger partial charge in [0.25, 0.3) is 0 Å². The van der Waals surface area contributed by atoms with Gasteiger partial charge in [-0.25, -0.2) is 4.39 Å². The SMILES string of the molecule is CCNC(c1ccc(Cl)c(F)c1)c1ccc(Cl)c(OC)c1. The summed E-state index contributed by atoms with van der Waals surface area (Å²) in [4.78, 5) is 0. The standard InChI is InChI=1S/C16H16Cl2FNO/c1-3-20-16(10-4-6-12(17)14(19)8-10)11-5-7-13(18)15(9-11)21-2/h4-9,16,20H,3H2,1-2H3. The van der Waals surface area contributed by atoms with Gasteiger partial charge in [0.2, 0.25) is 0 Å². The molecule has 0 saturated heterocycles. The summed E-state index contributed by atoms with van der Waals surface area (Å²) in [6, 6.07) is 10.2. The van der Waals surface area contributed by atoms with Crippen LogP contribution < -0.4 is 10.1 Å². The van der Waals surface area contributed by atoms with Crippen molar-refractivity contribution >= 4 is 23.2 Å². The second-order valence-corrected chi connectivity index (χ2v) is 5.37. The first kappa shape index (κ1) is 16.1. The molecule has 0 radical (unpaired) electrons. The monoisotopic (exact) mass is 327 g/mol. The van der Waals surface area contributed by atoms with Gasteiger partial charge in [0, 0.05) is 0 Å². The Hall–Kier alpha value is -1.29. The summed E-state index contributed by atoms with van der Waals surface area (Å²) in [5, 5.41) is 3.98. The van der Waals surface area contributed by atoms with Crippen LogP contribution in [0.25, 0.3) is 0 Å². The number of methoxy groups -OCH3 is 1. The molecule has 0 aliphatic carbocycles. The minimum absolute atomic E-state index is 0.114. The molecule has 2 aromatic carbocycles. The molecule has 2 nitrogen and oxygen atoms in total. The maximum absolute atomic E-state index is 13.7. The molecule has 0 amide bonds. The van der Waals surface area contributed by atoms with E-state index in [1.165, 1.54) is 6.07 Å². The Morgan fingerprint density at radius 2 is 1.71 bits per heavy atom. The molecule has 21 heavy (non-hydrogen) atoms. The first-order valence-corrected chi connectivity index (χ1v) is 7.34. The van der Waals surface area contributed by atoms with Crippen molar-refractivity contribution < 1.29 is 9.13 Å². The molecule has 1 unspecified atom stereocenters. The van der Waals surface area contributed by atoms with Crippen molar-refractivity contribution in [1.29, 1.82) is 0 Å². The summed E-state index contributed by atoms with van der Waals surface area (Å²) in [5.41, 5.74) is 1.74. The fourth-order valence-corrected chi connectivity index (χ4v) is 2.49. The van der Waals surface area contributed by atoms with Gasteiger partial charge in [-0.05, 0) is 41.9 Å². The van der Waals surface area contributed by atoms with Crippen LogP contribution in [0.5, 0.6) is 5.75 Å². The summed E-state index contributed by atoms with van der Waals surface area (Å²) in [6.07, 6.45) is 0. The molecule has 112 valence electrons. The van der Waals surface area contributed by atoms with Crippen LogP contribution >= 0.6 is 23.2 Å². The van der Waals surface area contributed by atoms with E-state index in [1.807, 2.05) is 19.1 Å². The third-order valence-electron chi connectivity index (χ3n) is 3.19. The predicted molar refractivity (Wildman–Crippen MR) is 84.9 cm³/mol. The van der Waals surface area contributed by atoms with E-state index in [-0.39, 0.29) is 11.1 Å². The van der Waals surface area contributed by atoms with Crippen LogP contribution in [-0.4, -0.2) is 13.7 Å². The summed E-state index contributed by atoms with van der Waals surface area (Å²) in [6.45, 7) is 2.73. The predicted octanol–water partition coefficient (Wildman–Crippen LogP) is 4.84. The second-order valence-electron chi connectivity index (χ2n) is 4.56. The number of halogens is 3. The average Bonchev–Trinajstić information content (AvgIpc) is 2.48. The maximum Gasteiger partial charge on any atom is 0.142 e. The number of nitrogens with one attached hydrogen (secondary N) is 1. The largest absolute Gasteiger partial charge is 0.495 e. The average molecular weight is 328 g/mol. The molecule has 0 aliphatic rings. The van der Waals surface area contributed by atoms with Crippen molar-refractivity contribution in [2.24, 2.45) is 0 Å². The summed E-state index contributed by atoms with van der Waals surface area (Å²) >= 11 is 11.8. The molecule has 1 atom stereocenters. The second kappa shape index (κ2) is 7.12. The van der Waals surface area contributed by atoms with Crippen molar-refractivity contribution in [2.45, 2.75) is 13.0 Å². The third kappa shape index (κ3) is 3.67. The van der Waals surface area contributed by atoms with Gasteiger partial charge in [-0.1, -0.05) is 42.3 Å². The summed E-state index contributed by atoms with van der Waals surface area (Å²) in [5.74, 6) is 0.157. The first-order chi connectivity index (χ1) is 10.1. The van der Waals surface area contributed by atoms with Crippen LogP contribution in [0, 0.1) is 5.82 Å². The number of hydrogen-bond donors (Lipinski definition) is 1. The highest BCUT2D eigenvalue weighted by molar-refractivity contribution is 6.32. The molecule has 5 heteroatoms. The highest BCUT2D eigenvalue weighted by Gasteiger charge is 2.16. The zero-order valence-electron chi connectivity index (χ0n) is 11.8. The number of rotatable bonds is 5. The Morgan fingerprint density at radius 1 is 1.10 bits per heavy atom. The van der Waals surface area contributed by atoms with E-state index in [1.54, 1.807) is 25.3 Å². The van der Waals surface area contributed by atoms with Crippen molar-refractivity contribution in [3.05, 3.63) is 63.4 Å². The van der Waals surface area contributed by atoms with Crippen LogP contribution in [0.15, 0.2) is 36.4 Å². The lowest BCUT2D eigenvalue weighted by molar-refractivity contribution is 0.414. The van der Waals surface area contributed by atoms with Crippen LogP contribution in [0.2, 0.25) is 10.0 Å². The summed E-state index contributed by atoms with van der Waals surface area (Å²) < 4.78 is 18.9. The smallest absolute Gasteiger partial charge is 0.142 e. The molecule has 0 heterocycles. The zero-order valence-corrected chi connectivity index (χ0v) is 13.3. The molecule has 0 spiro atoms. The molecule has 1 N–H and O–H groups in total. The van der Waals surface area contributed by atoms with Gasteiger partial charge >= 0.3 is 0 Å². The lowest BCUT2D eigenvalue weighted by Crippen LogP contribution is -2.22. The minimum atomic E-state index is -0.432. The quantitative estimate of drug-likeness (QED) is 0.848. The van der Waals surface area contributed by atoms with E-state index in [0.717, 1.165) is 17.7 Å². The zero-order chi connectivity index (χ0) is 15.4. The molecular weight excluding hydrogens is 312 g/mol. The van der Waals surface area contributed by atoms with Crippen LogP contribution in [0.4, 0.5) is 4.39 Å². The van der Waals surface area contributed by atoms with Crippen LogP contribution in [0.3, 0.4) is 0 Å². The molecule has 0 aromatic heterocycles. The molecule has 2 aromatic rings. The van der Waals surface area contributed by atoms with Crippen LogP contribution in [-0.2, 0) is 0 Å². The maximum atomic E-state index is 13.7. The lowest BCUT2D eigenvalue weighted by atomic mass is 9.98. The van der Waals surface area contributed by atoms with E-state index in [4.69, 9.17) is 27.9 Å². The van der Waals surface area contributed by atoms with Gasteiger partial charge < -0.3 is 10.1 Å². The van der Waals surface area contributed by atoms with Gasteiger partial charge in [-0.2, -0.15) is 0 Å². The highest BCUT2D eigenvalue weighted by atomic mass is 35.5. The molecule has 0 aliphatic heterocycles. The van der Waals surface area contributed by atoms with Crippen molar-refractivity contribution in [3.8, 4) is 5.75 Å². The number of hydrogen-bond acceptors (Lipinski definition) is 2.